The summed E-state index contributed by atoms with van der Waals surface area (Å²) in [5, 5.41) is 8.97. The largest absolute Gasteiger partial charge is 0.396 e. The van der Waals surface area contributed by atoms with Gasteiger partial charge in [-0.05, 0) is 20.3 Å². The molecular formula is C15H34OSi3. The molecule has 0 aromatic carbocycles. The summed E-state index contributed by atoms with van der Waals surface area (Å²) in [6, 6.07) is 7.16. The lowest BCUT2D eigenvalue weighted by molar-refractivity contribution is 0.294. The highest BCUT2D eigenvalue weighted by Gasteiger charge is 2.26. The number of hydrogen-bond donors (Lipinski definition) is 1. The Balaban J connectivity index is 3.98. The Hall–Kier alpha value is 0.351. The van der Waals surface area contributed by atoms with Crippen molar-refractivity contribution in [2.75, 3.05) is 6.61 Å². The van der Waals surface area contributed by atoms with Gasteiger partial charge in [0.15, 0.2) is 0 Å². The van der Waals surface area contributed by atoms with Gasteiger partial charge in [0.25, 0.3) is 0 Å². The van der Waals surface area contributed by atoms with Crippen LogP contribution < -0.4 is 0 Å². The van der Waals surface area contributed by atoms with Crippen LogP contribution in [0.3, 0.4) is 0 Å². The SMILES string of the molecule is CC(C)=C[Si]CC[Si](C)(C)CC[Si](C)(C)CCCO. The predicted octanol–water partition coefficient (Wildman–Crippen LogP) is 4.83. The molecule has 2 radical (unpaired) electrons. The fraction of sp³-hybridized carbons (Fsp3) is 0.867. The predicted molar refractivity (Wildman–Crippen MR) is 95.9 cm³/mol. The quantitative estimate of drug-likeness (QED) is 0.452. The molecule has 0 amide bonds. The molecule has 4 heteroatoms. The van der Waals surface area contributed by atoms with Crippen LogP contribution >= 0.6 is 0 Å². The molecule has 0 saturated carbocycles. The molecule has 1 N–H and O–H groups in total. The summed E-state index contributed by atoms with van der Waals surface area (Å²) in [5.74, 6) is 0. The fourth-order valence-electron chi connectivity index (χ4n) is 2.17. The Morgan fingerprint density at radius 2 is 1.47 bits per heavy atom. The average molecular weight is 315 g/mol. The van der Waals surface area contributed by atoms with Crippen molar-refractivity contribution >= 4 is 25.7 Å². The lowest BCUT2D eigenvalue weighted by atomic mass is 10.4. The van der Waals surface area contributed by atoms with Crippen LogP contribution in [0.15, 0.2) is 11.3 Å². The second-order valence-electron chi connectivity index (χ2n) is 7.58. The molecule has 0 fully saturated rings. The first kappa shape index (κ1) is 19.4. The summed E-state index contributed by atoms with van der Waals surface area (Å²) in [6.45, 7) is 14.9. The Morgan fingerprint density at radius 1 is 0.947 bits per heavy atom. The minimum Gasteiger partial charge on any atom is -0.396 e. The van der Waals surface area contributed by atoms with Gasteiger partial charge >= 0.3 is 0 Å². The Kier molecular flexibility index (Phi) is 9.49. The van der Waals surface area contributed by atoms with Crippen LogP contribution in [0.1, 0.15) is 20.3 Å². The third kappa shape index (κ3) is 11.8. The van der Waals surface area contributed by atoms with E-state index in [1.807, 2.05) is 0 Å². The summed E-state index contributed by atoms with van der Waals surface area (Å²) >= 11 is 0. The summed E-state index contributed by atoms with van der Waals surface area (Å²) in [4.78, 5) is 0. The molecule has 0 spiro atoms. The second kappa shape index (κ2) is 9.32. The van der Waals surface area contributed by atoms with E-state index in [2.05, 4.69) is 45.7 Å². The van der Waals surface area contributed by atoms with Crippen molar-refractivity contribution in [3.05, 3.63) is 11.3 Å². The van der Waals surface area contributed by atoms with E-state index in [4.69, 9.17) is 5.11 Å². The third-order valence-corrected chi connectivity index (χ3v) is 12.7. The van der Waals surface area contributed by atoms with E-state index in [0.717, 1.165) is 15.9 Å². The lowest BCUT2D eigenvalue weighted by Crippen LogP contribution is -2.32. The van der Waals surface area contributed by atoms with Crippen molar-refractivity contribution in [3.8, 4) is 0 Å². The van der Waals surface area contributed by atoms with Gasteiger partial charge < -0.3 is 5.11 Å². The summed E-state index contributed by atoms with van der Waals surface area (Å²) in [5.41, 5.74) is 3.88. The molecule has 0 aliphatic rings. The van der Waals surface area contributed by atoms with E-state index in [0.29, 0.717) is 6.61 Å². The van der Waals surface area contributed by atoms with Crippen molar-refractivity contribution in [2.24, 2.45) is 0 Å². The van der Waals surface area contributed by atoms with Crippen LogP contribution in [0.25, 0.3) is 0 Å². The van der Waals surface area contributed by atoms with Gasteiger partial charge in [0, 0.05) is 22.8 Å². The van der Waals surface area contributed by atoms with Crippen molar-refractivity contribution < 1.29 is 5.11 Å². The van der Waals surface area contributed by atoms with Gasteiger partial charge in [-0.25, -0.2) is 0 Å². The van der Waals surface area contributed by atoms with E-state index in [1.165, 1.54) is 35.8 Å². The average Bonchev–Trinajstić information content (AvgIpc) is 2.30. The summed E-state index contributed by atoms with van der Waals surface area (Å²) in [7, 11) is -0.980. The Labute approximate surface area is 125 Å². The molecule has 0 heterocycles. The molecule has 0 atom stereocenters. The van der Waals surface area contributed by atoms with Crippen LogP contribution in [0.4, 0.5) is 0 Å². The summed E-state index contributed by atoms with van der Waals surface area (Å²) in [6.07, 6.45) is 1.02. The summed E-state index contributed by atoms with van der Waals surface area (Å²) < 4.78 is 0. The van der Waals surface area contributed by atoms with Crippen molar-refractivity contribution in [1.82, 2.24) is 0 Å². The minimum atomic E-state index is -1.03. The highest BCUT2D eigenvalue weighted by molar-refractivity contribution is 6.83. The van der Waals surface area contributed by atoms with E-state index >= 15 is 0 Å². The molecule has 112 valence electrons. The number of allylic oxidation sites excluding steroid dienone is 1. The zero-order valence-electron chi connectivity index (χ0n) is 14.0. The maximum absolute atomic E-state index is 8.97. The fourth-order valence-corrected chi connectivity index (χ4v) is 13.0. The molecule has 1 nitrogen and oxygen atoms in total. The van der Waals surface area contributed by atoms with E-state index in [9.17, 15) is 0 Å². The zero-order valence-corrected chi connectivity index (χ0v) is 17.0. The Bertz CT molecular complexity index is 269. The highest BCUT2D eigenvalue weighted by Crippen LogP contribution is 2.27. The smallest absolute Gasteiger partial charge is 0.0699 e. The van der Waals surface area contributed by atoms with Gasteiger partial charge in [0.1, 0.15) is 0 Å². The van der Waals surface area contributed by atoms with Crippen LogP contribution in [0.5, 0.6) is 0 Å². The van der Waals surface area contributed by atoms with E-state index in [-0.39, 0.29) is 0 Å². The molecule has 19 heavy (non-hydrogen) atoms. The molecule has 0 rings (SSSR count). The number of aliphatic hydroxyl groups excluding tert-OH is 1. The van der Waals surface area contributed by atoms with Gasteiger partial charge in [0.2, 0.25) is 0 Å². The first-order chi connectivity index (χ1) is 8.68. The maximum atomic E-state index is 8.97. The molecule has 0 aromatic heterocycles. The molecule has 0 bridgehead atoms. The highest BCUT2D eigenvalue weighted by atomic mass is 28.3. The van der Waals surface area contributed by atoms with Crippen LogP contribution in [-0.2, 0) is 0 Å². The van der Waals surface area contributed by atoms with Crippen molar-refractivity contribution in [1.29, 1.82) is 0 Å². The molecule has 0 unspecified atom stereocenters. The molecule has 0 aliphatic heterocycles. The topological polar surface area (TPSA) is 20.2 Å². The van der Waals surface area contributed by atoms with E-state index in [1.54, 1.807) is 0 Å². The number of hydrogen-bond acceptors (Lipinski definition) is 1. The van der Waals surface area contributed by atoms with Gasteiger partial charge in [-0.2, -0.15) is 0 Å². The van der Waals surface area contributed by atoms with Crippen molar-refractivity contribution in [2.45, 2.75) is 76.7 Å². The van der Waals surface area contributed by atoms with Crippen LogP contribution in [0.2, 0.25) is 56.4 Å². The first-order valence-electron chi connectivity index (χ1n) is 7.66. The van der Waals surface area contributed by atoms with Gasteiger partial charge in [-0.1, -0.05) is 62.0 Å². The van der Waals surface area contributed by atoms with E-state index < -0.39 is 16.1 Å². The molecule has 0 saturated heterocycles. The number of rotatable bonds is 10. The monoisotopic (exact) mass is 314 g/mol. The third-order valence-electron chi connectivity index (χ3n) is 3.83. The zero-order chi connectivity index (χ0) is 14.9. The second-order valence-corrected chi connectivity index (χ2v) is 19.4. The van der Waals surface area contributed by atoms with Gasteiger partial charge in [0.05, 0.1) is 9.52 Å². The first-order valence-corrected chi connectivity index (χ1v) is 15.8. The lowest BCUT2D eigenvalue weighted by Gasteiger charge is -2.28. The Morgan fingerprint density at radius 3 is 1.95 bits per heavy atom. The standard InChI is InChI=1S/C15H34OSi3/c1-15(2)14-17-9-11-19(5,6)13-12-18(3,4)10-7-8-16/h14,16H,7-13H2,1-6H3. The number of aliphatic hydroxyl groups is 1. The van der Waals surface area contributed by atoms with Gasteiger partial charge in [-0.3, -0.25) is 0 Å². The minimum absolute atomic E-state index is 0.376. The molecule has 0 aromatic rings. The van der Waals surface area contributed by atoms with Crippen LogP contribution in [0, 0.1) is 0 Å². The normalized spacial score (nSPS) is 12.6. The van der Waals surface area contributed by atoms with Crippen LogP contribution in [-0.4, -0.2) is 37.4 Å². The molecular weight excluding hydrogens is 280 g/mol. The maximum Gasteiger partial charge on any atom is 0.0699 e. The van der Waals surface area contributed by atoms with Crippen molar-refractivity contribution in [3.63, 3.8) is 0 Å². The van der Waals surface area contributed by atoms with Gasteiger partial charge in [-0.15, -0.1) is 5.70 Å². The molecule has 0 aliphatic carbocycles.